The molecule has 1 aromatic carbocycles. The Kier molecular flexibility index (Phi) is 5.07. The van der Waals surface area contributed by atoms with Gasteiger partial charge in [0.25, 0.3) is 0 Å². The highest BCUT2D eigenvalue weighted by Gasteiger charge is 2.16. The van der Waals surface area contributed by atoms with Crippen molar-refractivity contribution in [3.05, 3.63) is 24.3 Å². The van der Waals surface area contributed by atoms with Crippen LogP contribution in [0.15, 0.2) is 24.3 Å². The SMILES string of the molecule is CC(C)(C)OC(=O)Nc1ccc(NCC2CCCN2)cc1. The van der Waals surface area contributed by atoms with Crippen molar-refractivity contribution in [1.29, 1.82) is 0 Å². The molecule has 1 atom stereocenters. The van der Waals surface area contributed by atoms with Crippen LogP contribution in [0.2, 0.25) is 0 Å². The van der Waals surface area contributed by atoms with Gasteiger partial charge in [0.15, 0.2) is 0 Å². The maximum Gasteiger partial charge on any atom is 0.412 e. The zero-order valence-corrected chi connectivity index (χ0v) is 13.0. The third-order valence-electron chi connectivity index (χ3n) is 3.25. The maximum atomic E-state index is 11.7. The van der Waals surface area contributed by atoms with E-state index in [1.807, 2.05) is 45.0 Å². The summed E-state index contributed by atoms with van der Waals surface area (Å²) in [4.78, 5) is 11.7. The summed E-state index contributed by atoms with van der Waals surface area (Å²) < 4.78 is 5.21. The standard InChI is InChI=1S/C16H25N3O2/c1-16(2,3)21-15(20)19-13-8-6-12(7-9-13)18-11-14-5-4-10-17-14/h6-9,14,17-18H,4-5,10-11H2,1-3H3,(H,19,20). The minimum absolute atomic E-state index is 0.432. The molecule has 1 heterocycles. The van der Waals surface area contributed by atoms with Gasteiger partial charge in [-0.05, 0) is 64.4 Å². The molecule has 0 radical (unpaired) electrons. The minimum Gasteiger partial charge on any atom is -0.444 e. The second-order valence-electron chi connectivity index (χ2n) is 6.38. The van der Waals surface area contributed by atoms with Gasteiger partial charge in [0, 0.05) is 24.0 Å². The Labute approximate surface area is 126 Å². The summed E-state index contributed by atoms with van der Waals surface area (Å²) in [6, 6.07) is 8.22. The van der Waals surface area contributed by atoms with E-state index in [4.69, 9.17) is 4.74 Å². The first kappa shape index (κ1) is 15.6. The predicted molar refractivity (Wildman–Crippen MR) is 85.8 cm³/mol. The predicted octanol–water partition coefficient (Wildman–Crippen LogP) is 3.20. The van der Waals surface area contributed by atoms with Gasteiger partial charge in [-0.25, -0.2) is 4.79 Å². The van der Waals surface area contributed by atoms with E-state index in [9.17, 15) is 4.79 Å². The summed E-state index contributed by atoms with van der Waals surface area (Å²) in [6.45, 7) is 7.58. The molecule has 21 heavy (non-hydrogen) atoms. The highest BCUT2D eigenvalue weighted by Crippen LogP contribution is 2.16. The van der Waals surface area contributed by atoms with Gasteiger partial charge in [-0.1, -0.05) is 0 Å². The molecule has 116 valence electrons. The second kappa shape index (κ2) is 6.80. The van der Waals surface area contributed by atoms with Gasteiger partial charge >= 0.3 is 6.09 Å². The van der Waals surface area contributed by atoms with Crippen LogP contribution in [0.1, 0.15) is 33.6 Å². The fraction of sp³-hybridized carbons (Fsp3) is 0.562. The number of carbonyl (C=O) groups is 1. The molecule has 0 spiro atoms. The van der Waals surface area contributed by atoms with E-state index in [0.717, 1.165) is 24.5 Å². The molecule has 1 unspecified atom stereocenters. The topological polar surface area (TPSA) is 62.4 Å². The van der Waals surface area contributed by atoms with Crippen LogP contribution in [0, 0.1) is 0 Å². The highest BCUT2D eigenvalue weighted by molar-refractivity contribution is 5.85. The van der Waals surface area contributed by atoms with Crippen LogP contribution in [0.5, 0.6) is 0 Å². The molecule has 5 nitrogen and oxygen atoms in total. The van der Waals surface area contributed by atoms with Crippen LogP contribution in [-0.4, -0.2) is 30.8 Å². The van der Waals surface area contributed by atoms with Crippen molar-refractivity contribution in [3.63, 3.8) is 0 Å². The molecule has 1 aliphatic rings. The van der Waals surface area contributed by atoms with Crippen LogP contribution in [0.25, 0.3) is 0 Å². The number of ether oxygens (including phenoxy) is 1. The third-order valence-corrected chi connectivity index (χ3v) is 3.25. The van der Waals surface area contributed by atoms with Crippen molar-refractivity contribution < 1.29 is 9.53 Å². The molecule has 2 rings (SSSR count). The van der Waals surface area contributed by atoms with Crippen molar-refractivity contribution in [2.75, 3.05) is 23.7 Å². The Balaban J connectivity index is 1.79. The Hall–Kier alpha value is -1.75. The summed E-state index contributed by atoms with van der Waals surface area (Å²) in [7, 11) is 0. The summed E-state index contributed by atoms with van der Waals surface area (Å²) in [6.07, 6.45) is 2.05. The molecule has 0 bridgehead atoms. The van der Waals surface area contributed by atoms with Crippen LogP contribution < -0.4 is 16.0 Å². The van der Waals surface area contributed by atoms with E-state index in [2.05, 4.69) is 16.0 Å². The van der Waals surface area contributed by atoms with Crippen molar-refractivity contribution >= 4 is 17.5 Å². The van der Waals surface area contributed by atoms with Gasteiger partial charge in [0.05, 0.1) is 0 Å². The summed E-state index contributed by atoms with van der Waals surface area (Å²) in [5.74, 6) is 0. The van der Waals surface area contributed by atoms with Crippen molar-refractivity contribution in [2.45, 2.75) is 45.3 Å². The van der Waals surface area contributed by atoms with Crippen molar-refractivity contribution in [2.24, 2.45) is 0 Å². The van der Waals surface area contributed by atoms with E-state index >= 15 is 0 Å². The first-order valence-corrected chi connectivity index (χ1v) is 7.50. The third kappa shape index (κ3) is 5.63. The lowest BCUT2D eigenvalue weighted by molar-refractivity contribution is 0.0636. The molecule has 3 N–H and O–H groups in total. The Bertz CT molecular complexity index is 459. The number of hydrogen-bond donors (Lipinski definition) is 3. The molecule has 1 aromatic rings. The average molecular weight is 291 g/mol. The zero-order chi connectivity index (χ0) is 15.3. The van der Waals surface area contributed by atoms with Gasteiger partial charge in [-0.2, -0.15) is 0 Å². The fourth-order valence-electron chi connectivity index (χ4n) is 2.26. The van der Waals surface area contributed by atoms with Gasteiger partial charge < -0.3 is 15.4 Å². The van der Waals surface area contributed by atoms with E-state index in [1.165, 1.54) is 12.8 Å². The minimum atomic E-state index is -0.486. The van der Waals surface area contributed by atoms with Crippen LogP contribution >= 0.6 is 0 Å². The summed E-state index contributed by atoms with van der Waals surface area (Å²) in [5.41, 5.74) is 1.30. The lowest BCUT2D eigenvalue weighted by Gasteiger charge is -2.19. The Morgan fingerprint density at radius 3 is 2.52 bits per heavy atom. The number of benzene rings is 1. The van der Waals surface area contributed by atoms with Crippen molar-refractivity contribution in [1.82, 2.24) is 5.32 Å². The molecular weight excluding hydrogens is 266 g/mol. The van der Waals surface area contributed by atoms with E-state index < -0.39 is 11.7 Å². The van der Waals surface area contributed by atoms with E-state index in [0.29, 0.717) is 6.04 Å². The van der Waals surface area contributed by atoms with Gasteiger partial charge in [-0.15, -0.1) is 0 Å². The lowest BCUT2D eigenvalue weighted by Crippen LogP contribution is -2.29. The summed E-state index contributed by atoms with van der Waals surface area (Å²) >= 11 is 0. The largest absolute Gasteiger partial charge is 0.444 e. The normalized spacial score (nSPS) is 18.3. The second-order valence-corrected chi connectivity index (χ2v) is 6.38. The van der Waals surface area contributed by atoms with Gasteiger partial charge in [-0.3, -0.25) is 5.32 Å². The molecule has 1 fully saturated rings. The fourth-order valence-corrected chi connectivity index (χ4v) is 2.26. The van der Waals surface area contributed by atoms with Crippen molar-refractivity contribution in [3.8, 4) is 0 Å². The van der Waals surface area contributed by atoms with Gasteiger partial charge in [0.1, 0.15) is 5.60 Å². The van der Waals surface area contributed by atoms with Crippen LogP contribution in [0.4, 0.5) is 16.2 Å². The zero-order valence-electron chi connectivity index (χ0n) is 13.0. The van der Waals surface area contributed by atoms with E-state index in [1.54, 1.807) is 0 Å². The number of carbonyl (C=O) groups excluding carboxylic acids is 1. The first-order valence-electron chi connectivity index (χ1n) is 7.50. The van der Waals surface area contributed by atoms with E-state index in [-0.39, 0.29) is 0 Å². The number of rotatable bonds is 4. The monoisotopic (exact) mass is 291 g/mol. The molecule has 0 aliphatic carbocycles. The number of nitrogens with one attached hydrogen (secondary N) is 3. The molecule has 0 saturated carbocycles. The molecule has 1 aliphatic heterocycles. The molecule has 1 amide bonds. The number of amides is 1. The van der Waals surface area contributed by atoms with Crippen LogP contribution in [0.3, 0.4) is 0 Å². The average Bonchev–Trinajstić information content (AvgIpc) is 2.89. The smallest absolute Gasteiger partial charge is 0.412 e. The quantitative estimate of drug-likeness (QED) is 0.797. The summed E-state index contributed by atoms with van der Waals surface area (Å²) in [5, 5.41) is 9.57. The Morgan fingerprint density at radius 1 is 1.29 bits per heavy atom. The lowest BCUT2D eigenvalue weighted by atomic mass is 10.2. The number of hydrogen-bond acceptors (Lipinski definition) is 4. The maximum absolute atomic E-state index is 11.7. The Morgan fingerprint density at radius 2 is 1.95 bits per heavy atom. The van der Waals surface area contributed by atoms with Gasteiger partial charge in [0.2, 0.25) is 0 Å². The highest BCUT2D eigenvalue weighted by atomic mass is 16.6. The molecular formula is C16H25N3O2. The molecule has 5 heteroatoms. The van der Waals surface area contributed by atoms with Crippen LogP contribution in [-0.2, 0) is 4.74 Å². The number of anilines is 2. The molecule has 0 aromatic heterocycles. The first-order chi connectivity index (χ1) is 9.92. The molecule has 1 saturated heterocycles.